The third kappa shape index (κ3) is 3.58. The molecule has 2 saturated heterocycles. The van der Waals surface area contributed by atoms with Gasteiger partial charge in [-0.2, -0.15) is 0 Å². The molecule has 0 radical (unpaired) electrons. The van der Waals surface area contributed by atoms with E-state index in [1.807, 2.05) is 16.3 Å². The zero-order valence-corrected chi connectivity index (χ0v) is 14.7. The molecule has 0 aliphatic carbocycles. The van der Waals surface area contributed by atoms with E-state index in [1.165, 1.54) is 35.6 Å². The van der Waals surface area contributed by atoms with Crippen molar-refractivity contribution in [3.63, 3.8) is 0 Å². The van der Waals surface area contributed by atoms with E-state index in [4.69, 9.17) is 0 Å². The predicted molar refractivity (Wildman–Crippen MR) is 91.6 cm³/mol. The Labute approximate surface area is 141 Å². The number of amides is 2. The summed E-state index contributed by atoms with van der Waals surface area (Å²) in [7, 11) is 3.91. The highest BCUT2D eigenvalue weighted by Gasteiger charge is 2.36. The first-order valence-corrected chi connectivity index (χ1v) is 9.21. The maximum atomic E-state index is 12.6. The summed E-state index contributed by atoms with van der Waals surface area (Å²) in [5.41, 5.74) is 0. The molecule has 126 valence electrons. The molecule has 2 unspecified atom stereocenters. The fourth-order valence-corrected chi connectivity index (χ4v) is 4.56. The minimum absolute atomic E-state index is 0.0689. The van der Waals surface area contributed by atoms with Gasteiger partial charge in [-0.1, -0.05) is 6.07 Å². The van der Waals surface area contributed by atoms with E-state index in [9.17, 15) is 9.59 Å². The van der Waals surface area contributed by atoms with Gasteiger partial charge in [0.05, 0.1) is 11.4 Å². The Balaban J connectivity index is 1.55. The maximum Gasteiger partial charge on any atom is 0.264 e. The summed E-state index contributed by atoms with van der Waals surface area (Å²) in [5.74, 6) is 0.592. The van der Waals surface area contributed by atoms with Crippen LogP contribution < -0.4 is 0 Å². The van der Waals surface area contributed by atoms with Gasteiger partial charge in [0.15, 0.2) is 0 Å². The zero-order valence-electron chi connectivity index (χ0n) is 13.9. The molecular weight excluding hydrogens is 310 g/mol. The highest BCUT2D eigenvalue weighted by Crippen LogP contribution is 2.29. The average Bonchev–Trinajstić information content (AvgIpc) is 3.08. The lowest BCUT2D eigenvalue weighted by Gasteiger charge is -2.46. The van der Waals surface area contributed by atoms with Gasteiger partial charge in [0, 0.05) is 26.2 Å². The van der Waals surface area contributed by atoms with Gasteiger partial charge in [0.1, 0.15) is 0 Å². The molecule has 2 aliphatic rings. The van der Waals surface area contributed by atoms with E-state index in [-0.39, 0.29) is 18.4 Å². The van der Waals surface area contributed by atoms with E-state index in [2.05, 4.69) is 11.9 Å². The summed E-state index contributed by atoms with van der Waals surface area (Å²) in [4.78, 5) is 31.4. The molecule has 2 fully saturated rings. The smallest absolute Gasteiger partial charge is 0.264 e. The van der Waals surface area contributed by atoms with Crippen molar-refractivity contribution >= 4 is 23.2 Å². The molecule has 2 amide bonds. The first-order valence-electron chi connectivity index (χ1n) is 8.33. The van der Waals surface area contributed by atoms with Crippen LogP contribution in [0, 0.1) is 5.92 Å². The molecule has 1 aromatic rings. The van der Waals surface area contributed by atoms with Crippen LogP contribution in [0.4, 0.5) is 0 Å². The lowest BCUT2D eigenvalue weighted by molar-refractivity contribution is -0.135. The van der Waals surface area contributed by atoms with Crippen LogP contribution in [0.1, 0.15) is 28.9 Å². The Kier molecular flexibility index (Phi) is 5.02. The Bertz CT molecular complexity index is 560. The highest BCUT2D eigenvalue weighted by atomic mass is 32.1. The predicted octanol–water partition coefficient (Wildman–Crippen LogP) is 1.76. The molecule has 3 heterocycles. The SMILES string of the molecule is CN(CC(=O)N1CCC2C(CCCN2C)C1)C(=O)c1cccs1. The van der Waals surface area contributed by atoms with Crippen LogP contribution in [0.2, 0.25) is 0 Å². The third-order valence-electron chi connectivity index (χ3n) is 5.15. The lowest BCUT2D eigenvalue weighted by atomic mass is 9.84. The minimum Gasteiger partial charge on any atom is -0.341 e. The van der Waals surface area contributed by atoms with E-state index in [1.54, 1.807) is 13.1 Å². The van der Waals surface area contributed by atoms with Gasteiger partial charge >= 0.3 is 0 Å². The van der Waals surface area contributed by atoms with E-state index in [0.29, 0.717) is 16.8 Å². The van der Waals surface area contributed by atoms with Crippen molar-refractivity contribution < 1.29 is 9.59 Å². The van der Waals surface area contributed by atoms with Gasteiger partial charge in [0.2, 0.25) is 5.91 Å². The standard InChI is InChI=1S/C17H25N3O2S/c1-18-8-3-5-13-11-20(9-7-14(13)18)16(21)12-19(2)17(22)15-6-4-10-23-15/h4,6,10,13-14H,3,5,7-9,11-12H2,1-2H3. The third-order valence-corrected chi connectivity index (χ3v) is 6.01. The largest absolute Gasteiger partial charge is 0.341 e. The highest BCUT2D eigenvalue weighted by molar-refractivity contribution is 7.12. The summed E-state index contributed by atoms with van der Waals surface area (Å²) in [6.07, 6.45) is 3.48. The van der Waals surface area contributed by atoms with Gasteiger partial charge in [-0.15, -0.1) is 11.3 Å². The van der Waals surface area contributed by atoms with Crippen molar-refractivity contribution in [1.29, 1.82) is 0 Å². The zero-order chi connectivity index (χ0) is 16.4. The Morgan fingerprint density at radius 1 is 1.35 bits per heavy atom. The fourth-order valence-electron chi connectivity index (χ4n) is 3.84. The van der Waals surface area contributed by atoms with Crippen molar-refractivity contribution in [3.8, 4) is 0 Å². The number of likely N-dealkylation sites (N-methyl/N-ethyl adjacent to an activating group) is 1. The van der Waals surface area contributed by atoms with Gasteiger partial charge in [0.25, 0.3) is 5.91 Å². The number of fused-ring (bicyclic) bond motifs is 1. The first kappa shape index (κ1) is 16.5. The summed E-state index contributed by atoms with van der Waals surface area (Å²) in [5, 5.41) is 1.88. The molecule has 5 nitrogen and oxygen atoms in total. The number of carbonyl (C=O) groups is 2. The minimum atomic E-state index is -0.0689. The van der Waals surface area contributed by atoms with Gasteiger partial charge in [-0.05, 0) is 50.2 Å². The molecule has 0 N–H and O–H groups in total. The van der Waals surface area contributed by atoms with Crippen LogP contribution in [0.25, 0.3) is 0 Å². The van der Waals surface area contributed by atoms with Gasteiger partial charge in [-0.3, -0.25) is 9.59 Å². The molecule has 23 heavy (non-hydrogen) atoms. The van der Waals surface area contributed by atoms with Crippen LogP contribution in [-0.4, -0.2) is 72.8 Å². The van der Waals surface area contributed by atoms with Crippen LogP contribution in [0.3, 0.4) is 0 Å². The van der Waals surface area contributed by atoms with Crippen LogP contribution in [-0.2, 0) is 4.79 Å². The topological polar surface area (TPSA) is 43.9 Å². The van der Waals surface area contributed by atoms with Crippen molar-refractivity contribution in [2.75, 3.05) is 40.3 Å². The van der Waals surface area contributed by atoms with Crippen LogP contribution in [0.5, 0.6) is 0 Å². The Morgan fingerprint density at radius 2 is 2.17 bits per heavy atom. The van der Waals surface area contributed by atoms with Gasteiger partial charge in [-0.25, -0.2) is 0 Å². The monoisotopic (exact) mass is 335 g/mol. The number of nitrogens with zero attached hydrogens (tertiary/aromatic N) is 3. The molecule has 0 bridgehead atoms. The molecule has 2 aliphatic heterocycles. The summed E-state index contributed by atoms with van der Waals surface area (Å²) in [6, 6.07) is 4.29. The van der Waals surface area contributed by atoms with Crippen molar-refractivity contribution in [1.82, 2.24) is 14.7 Å². The summed E-state index contributed by atoms with van der Waals surface area (Å²) in [6.45, 7) is 3.00. The van der Waals surface area contributed by atoms with Crippen LogP contribution in [0.15, 0.2) is 17.5 Å². The molecular formula is C17H25N3O2S. The number of piperidine rings is 2. The van der Waals surface area contributed by atoms with E-state index < -0.39 is 0 Å². The molecule has 0 saturated carbocycles. The molecule has 0 aromatic carbocycles. The second-order valence-corrected chi connectivity index (χ2v) is 7.66. The maximum absolute atomic E-state index is 12.6. The number of hydrogen-bond donors (Lipinski definition) is 0. The number of likely N-dealkylation sites (tertiary alicyclic amines) is 2. The van der Waals surface area contributed by atoms with Crippen molar-refractivity contribution in [2.24, 2.45) is 5.92 Å². The summed E-state index contributed by atoms with van der Waals surface area (Å²) < 4.78 is 0. The molecule has 6 heteroatoms. The normalized spacial score (nSPS) is 25.0. The molecule has 1 aromatic heterocycles. The quantitative estimate of drug-likeness (QED) is 0.845. The number of thiophene rings is 1. The number of carbonyl (C=O) groups excluding carboxylic acids is 2. The van der Waals surface area contributed by atoms with Crippen molar-refractivity contribution in [3.05, 3.63) is 22.4 Å². The lowest BCUT2D eigenvalue weighted by Crippen LogP contribution is -2.55. The average molecular weight is 335 g/mol. The number of rotatable bonds is 3. The second-order valence-electron chi connectivity index (χ2n) is 6.72. The first-order chi connectivity index (χ1) is 11.1. The Morgan fingerprint density at radius 3 is 2.91 bits per heavy atom. The molecule has 2 atom stereocenters. The van der Waals surface area contributed by atoms with Gasteiger partial charge < -0.3 is 14.7 Å². The van der Waals surface area contributed by atoms with E-state index in [0.717, 1.165) is 19.5 Å². The fraction of sp³-hybridized carbons (Fsp3) is 0.647. The molecule has 0 spiro atoms. The second kappa shape index (κ2) is 7.01. The summed E-state index contributed by atoms with van der Waals surface area (Å²) >= 11 is 1.42. The molecule has 3 rings (SSSR count). The number of hydrogen-bond acceptors (Lipinski definition) is 4. The van der Waals surface area contributed by atoms with E-state index >= 15 is 0 Å². The van der Waals surface area contributed by atoms with Crippen molar-refractivity contribution in [2.45, 2.75) is 25.3 Å². The Hall–Kier alpha value is -1.40. The van der Waals surface area contributed by atoms with Crippen LogP contribution >= 0.6 is 11.3 Å².